The molecule has 2 aliphatic rings. The Hall–Kier alpha value is -2.01. The molecule has 1 unspecified atom stereocenters. The second-order valence-corrected chi connectivity index (χ2v) is 6.73. The number of nitrogens with zero attached hydrogens (tertiary/aromatic N) is 1. The number of allylic oxidation sites excluding steroid dienone is 1. The van der Waals surface area contributed by atoms with Crippen LogP contribution in [-0.4, -0.2) is 43.2 Å². The highest BCUT2D eigenvalue weighted by molar-refractivity contribution is 5.91. The third kappa shape index (κ3) is 4.98. The molecule has 1 aromatic rings. The van der Waals surface area contributed by atoms with E-state index >= 15 is 0 Å². The Morgan fingerprint density at radius 3 is 2.80 bits per heavy atom. The number of piperidine rings is 1. The maximum absolute atomic E-state index is 12.2. The maximum Gasteiger partial charge on any atom is 0.289 e. The number of amides is 1. The fraction of sp³-hybridized carbons (Fsp3) is 0.550. The van der Waals surface area contributed by atoms with Crippen molar-refractivity contribution in [2.24, 2.45) is 0 Å². The van der Waals surface area contributed by atoms with E-state index in [1.165, 1.54) is 24.8 Å². The van der Waals surface area contributed by atoms with Gasteiger partial charge in [-0.15, -0.1) is 0 Å². The van der Waals surface area contributed by atoms with Crippen molar-refractivity contribution in [3.8, 4) is 0 Å². The molecule has 2 aliphatic heterocycles. The minimum atomic E-state index is -0.164. The van der Waals surface area contributed by atoms with Gasteiger partial charge in [0.05, 0.1) is 0 Å². The molecule has 5 nitrogen and oxygen atoms in total. The molecule has 136 valence electrons. The first-order valence-electron chi connectivity index (χ1n) is 9.26. The number of carbonyl (C=O) groups excluding carboxylic acids is 1. The molecule has 0 aromatic heterocycles. The van der Waals surface area contributed by atoms with E-state index in [1.54, 1.807) is 6.92 Å². The molecule has 0 saturated carbocycles. The number of hydrogen-bond donors (Lipinski definition) is 1. The minimum Gasteiger partial charge on any atom is -0.491 e. The number of benzene rings is 1. The standard InChI is InChI=1S/C20H28N2O3/c1-16-19(25-14-13-24-16)20(23)21-11-10-18-9-5-6-12-22(18)15-17-7-3-2-4-8-17/h2-4,7-8,18H,5-6,9-15H2,1H3,(H,21,23). The summed E-state index contributed by atoms with van der Waals surface area (Å²) in [4.78, 5) is 14.8. The Labute approximate surface area is 150 Å². The zero-order valence-corrected chi connectivity index (χ0v) is 15.0. The van der Waals surface area contributed by atoms with Crippen LogP contribution >= 0.6 is 0 Å². The molecule has 1 atom stereocenters. The number of carbonyl (C=O) groups is 1. The van der Waals surface area contributed by atoms with Crippen molar-refractivity contribution in [2.75, 3.05) is 26.3 Å². The van der Waals surface area contributed by atoms with Crippen molar-refractivity contribution in [1.82, 2.24) is 10.2 Å². The molecule has 2 heterocycles. The fourth-order valence-corrected chi connectivity index (χ4v) is 3.58. The van der Waals surface area contributed by atoms with Crippen LogP contribution in [0.15, 0.2) is 41.9 Å². The third-order valence-corrected chi connectivity index (χ3v) is 4.91. The van der Waals surface area contributed by atoms with Gasteiger partial charge in [-0.25, -0.2) is 0 Å². The lowest BCUT2D eigenvalue weighted by atomic mass is 9.98. The fourth-order valence-electron chi connectivity index (χ4n) is 3.58. The summed E-state index contributed by atoms with van der Waals surface area (Å²) >= 11 is 0. The SMILES string of the molecule is CC1=C(C(=O)NCCC2CCCCN2Cc2ccccc2)OCCO1. The number of hydrogen-bond acceptors (Lipinski definition) is 4. The van der Waals surface area contributed by atoms with Crippen molar-refractivity contribution in [3.05, 3.63) is 47.4 Å². The van der Waals surface area contributed by atoms with Gasteiger partial charge in [0.15, 0.2) is 0 Å². The molecule has 1 N–H and O–H groups in total. The van der Waals surface area contributed by atoms with Crippen LogP contribution in [-0.2, 0) is 20.8 Å². The second-order valence-electron chi connectivity index (χ2n) is 6.73. The zero-order valence-electron chi connectivity index (χ0n) is 15.0. The van der Waals surface area contributed by atoms with Crippen LogP contribution in [0.1, 0.15) is 38.2 Å². The highest BCUT2D eigenvalue weighted by Crippen LogP contribution is 2.22. The first kappa shape index (κ1) is 17.8. The highest BCUT2D eigenvalue weighted by atomic mass is 16.6. The molecule has 1 aromatic carbocycles. The van der Waals surface area contributed by atoms with Crippen molar-refractivity contribution >= 4 is 5.91 Å². The van der Waals surface area contributed by atoms with Crippen LogP contribution in [0.4, 0.5) is 0 Å². The maximum atomic E-state index is 12.2. The lowest BCUT2D eigenvalue weighted by Crippen LogP contribution is -2.41. The third-order valence-electron chi connectivity index (χ3n) is 4.91. The highest BCUT2D eigenvalue weighted by Gasteiger charge is 2.23. The second kappa shape index (κ2) is 8.90. The molecule has 0 spiro atoms. The minimum absolute atomic E-state index is 0.164. The van der Waals surface area contributed by atoms with Gasteiger partial charge in [0.2, 0.25) is 5.76 Å². The van der Waals surface area contributed by atoms with Gasteiger partial charge in [-0.1, -0.05) is 36.8 Å². The van der Waals surface area contributed by atoms with E-state index in [-0.39, 0.29) is 5.91 Å². The van der Waals surface area contributed by atoms with Crippen molar-refractivity contribution < 1.29 is 14.3 Å². The number of ether oxygens (including phenoxy) is 2. The van der Waals surface area contributed by atoms with Crippen LogP contribution in [0.2, 0.25) is 0 Å². The van der Waals surface area contributed by atoms with Crippen LogP contribution in [0.3, 0.4) is 0 Å². The van der Waals surface area contributed by atoms with Gasteiger partial charge in [0, 0.05) is 19.1 Å². The molecular weight excluding hydrogens is 316 g/mol. The number of likely N-dealkylation sites (tertiary alicyclic amines) is 1. The lowest BCUT2D eigenvalue weighted by Gasteiger charge is -2.36. The first-order valence-corrected chi connectivity index (χ1v) is 9.26. The summed E-state index contributed by atoms with van der Waals surface area (Å²) in [5.41, 5.74) is 1.35. The van der Waals surface area contributed by atoms with E-state index in [1.807, 2.05) is 0 Å². The summed E-state index contributed by atoms with van der Waals surface area (Å²) in [5, 5.41) is 2.99. The molecule has 0 bridgehead atoms. The smallest absolute Gasteiger partial charge is 0.289 e. The molecule has 0 radical (unpaired) electrons. The predicted molar refractivity (Wildman–Crippen MR) is 96.7 cm³/mol. The summed E-state index contributed by atoms with van der Waals surface area (Å²) in [6, 6.07) is 11.1. The molecule has 5 heteroatoms. The van der Waals surface area contributed by atoms with E-state index in [2.05, 4.69) is 40.5 Å². The normalized spacial score (nSPS) is 21.4. The predicted octanol–water partition coefficient (Wildman–Crippen LogP) is 2.83. The molecule has 3 rings (SSSR count). The average molecular weight is 344 g/mol. The Morgan fingerprint density at radius 1 is 1.20 bits per heavy atom. The average Bonchev–Trinajstić information content (AvgIpc) is 2.64. The molecule has 1 fully saturated rings. The Morgan fingerprint density at radius 2 is 2.00 bits per heavy atom. The van der Waals surface area contributed by atoms with E-state index in [4.69, 9.17) is 9.47 Å². The van der Waals surface area contributed by atoms with Gasteiger partial charge < -0.3 is 14.8 Å². The first-order chi connectivity index (χ1) is 12.2. The lowest BCUT2D eigenvalue weighted by molar-refractivity contribution is -0.122. The topological polar surface area (TPSA) is 50.8 Å². The molecule has 0 aliphatic carbocycles. The van der Waals surface area contributed by atoms with Crippen LogP contribution < -0.4 is 5.32 Å². The van der Waals surface area contributed by atoms with Gasteiger partial charge in [-0.3, -0.25) is 9.69 Å². The quantitative estimate of drug-likeness (QED) is 0.862. The van der Waals surface area contributed by atoms with Crippen molar-refractivity contribution in [1.29, 1.82) is 0 Å². The van der Waals surface area contributed by atoms with Gasteiger partial charge in [0.1, 0.15) is 19.0 Å². The summed E-state index contributed by atoms with van der Waals surface area (Å²) in [6.07, 6.45) is 4.69. The van der Waals surface area contributed by atoms with Gasteiger partial charge in [-0.2, -0.15) is 0 Å². The number of nitrogens with one attached hydrogen (secondary N) is 1. The summed E-state index contributed by atoms with van der Waals surface area (Å²) in [6.45, 7) is 5.51. The van der Waals surface area contributed by atoms with Crippen molar-refractivity contribution in [2.45, 2.75) is 45.2 Å². The Balaban J connectivity index is 1.49. The molecule has 1 saturated heterocycles. The van der Waals surface area contributed by atoms with E-state index in [9.17, 15) is 4.79 Å². The van der Waals surface area contributed by atoms with E-state index in [0.29, 0.717) is 37.3 Å². The molecular formula is C20H28N2O3. The molecule has 1 amide bonds. The van der Waals surface area contributed by atoms with E-state index < -0.39 is 0 Å². The Kier molecular flexibility index (Phi) is 6.34. The van der Waals surface area contributed by atoms with Gasteiger partial charge >= 0.3 is 0 Å². The largest absolute Gasteiger partial charge is 0.491 e. The summed E-state index contributed by atoms with van der Waals surface area (Å²) < 4.78 is 10.8. The van der Waals surface area contributed by atoms with Gasteiger partial charge in [0.25, 0.3) is 5.91 Å². The van der Waals surface area contributed by atoms with Crippen LogP contribution in [0.25, 0.3) is 0 Å². The Bertz CT molecular complexity index is 600. The zero-order chi connectivity index (χ0) is 17.5. The van der Waals surface area contributed by atoms with Crippen LogP contribution in [0, 0.1) is 0 Å². The van der Waals surface area contributed by atoms with Crippen LogP contribution in [0.5, 0.6) is 0 Å². The summed E-state index contributed by atoms with van der Waals surface area (Å²) in [7, 11) is 0. The number of rotatable bonds is 6. The molecule has 25 heavy (non-hydrogen) atoms. The summed E-state index contributed by atoms with van der Waals surface area (Å²) in [5.74, 6) is 0.741. The van der Waals surface area contributed by atoms with Crippen molar-refractivity contribution in [3.63, 3.8) is 0 Å². The van der Waals surface area contributed by atoms with Gasteiger partial charge in [-0.05, 0) is 38.3 Å². The monoisotopic (exact) mass is 344 g/mol. The van der Waals surface area contributed by atoms with E-state index in [0.717, 1.165) is 19.5 Å².